The van der Waals surface area contributed by atoms with Crippen LogP contribution in [0.5, 0.6) is 0 Å². The maximum absolute atomic E-state index is 11.6. The van der Waals surface area contributed by atoms with E-state index < -0.39 is 15.6 Å². The largest absolute Gasteiger partial charge is 1.00 e. The molecule has 0 radical (unpaired) electrons. The Balaban J connectivity index is -0.000000980. The van der Waals surface area contributed by atoms with Crippen molar-refractivity contribution in [2.45, 2.75) is 20.8 Å². The Morgan fingerprint density at radius 2 is 1.38 bits per heavy atom. The van der Waals surface area contributed by atoms with E-state index in [1.54, 1.807) is 13.8 Å². The molecular formula is C6H17NaO7P2. The molecule has 1 atom stereocenters. The van der Waals surface area contributed by atoms with Gasteiger partial charge < -0.3 is 6.32 Å². The van der Waals surface area contributed by atoms with E-state index in [0.29, 0.717) is 0 Å². The summed E-state index contributed by atoms with van der Waals surface area (Å²) in [5.41, 5.74) is 0. The van der Waals surface area contributed by atoms with Gasteiger partial charge >= 0.3 is 45.2 Å². The molecule has 0 heterocycles. The summed E-state index contributed by atoms with van der Waals surface area (Å²) in [6.45, 7) is 4.62. The van der Waals surface area contributed by atoms with Gasteiger partial charge in [0.1, 0.15) is 0 Å². The zero-order valence-electron chi connectivity index (χ0n) is 10.9. The van der Waals surface area contributed by atoms with Crippen molar-refractivity contribution < 1.29 is 62.9 Å². The van der Waals surface area contributed by atoms with Crippen molar-refractivity contribution in [2.75, 3.05) is 19.8 Å². The number of hydrogen-bond donors (Lipinski definition) is 1. The molecule has 0 rings (SSSR count). The molecule has 10 heteroatoms. The number of hydrogen-bond acceptors (Lipinski definition) is 6. The van der Waals surface area contributed by atoms with Crippen LogP contribution in [0.2, 0.25) is 0 Å². The third-order valence-corrected chi connectivity index (χ3v) is 4.43. The van der Waals surface area contributed by atoms with E-state index in [0.717, 1.165) is 0 Å². The zero-order valence-corrected chi connectivity index (χ0v) is 13.7. The smallest absolute Gasteiger partial charge is 1.00 e. The maximum atomic E-state index is 11.6. The normalized spacial score (nSPS) is 15.2. The van der Waals surface area contributed by atoms with Crippen LogP contribution in [0, 0.1) is 0 Å². The molecule has 16 heavy (non-hydrogen) atoms. The van der Waals surface area contributed by atoms with E-state index in [9.17, 15) is 9.13 Å². The van der Waals surface area contributed by atoms with Gasteiger partial charge in [-0.25, -0.2) is 9.13 Å². The second-order valence-electron chi connectivity index (χ2n) is 2.25. The predicted octanol–water partition coefficient (Wildman–Crippen LogP) is -0.562. The third kappa shape index (κ3) is 8.37. The van der Waals surface area contributed by atoms with E-state index in [1.165, 1.54) is 6.92 Å². The van der Waals surface area contributed by atoms with E-state index in [4.69, 9.17) is 4.89 Å². The van der Waals surface area contributed by atoms with Gasteiger partial charge in [0.15, 0.2) is 0 Å². The van der Waals surface area contributed by atoms with Crippen LogP contribution in [0.4, 0.5) is 0 Å². The topological polar surface area (TPSA) is 91.3 Å². The molecule has 94 valence electrons. The Morgan fingerprint density at radius 1 is 1.00 bits per heavy atom. The van der Waals surface area contributed by atoms with Gasteiger partial charge in [0.2, 0.25) is 0 Å². The summed E-state index contributed by atoms with van der Waals surface area (Å²) in [4.78, 5) is 9.08. The molecular weight excluding hydrogens is 269 g/mol. The zero-order chi connectivity index (χ0) is 11.9. The van der Waals surface area contributed by atoms with Crippen molar-refractivity contribution in [3.05, 3.63) is 0 Å². The standard InChI is InChI=1S/C6H16O7P2.Na.H/c1-4-10-14(7,8)13-15(9,11-5-2)12-6-3;;/h4-6H2,1-3H3,(H,7,8);;/q;+1;-1. The summed E-state index contributed by atoms with van der Waals surface area (Å²) in [6.07, 6.45) is 0. The Kier molecular flexibility index (Phi) is 11.3. The summed E-state index contributed by atoms with van der Waals surface area (Å²) < 4.78 is 40.8. The average Bonchev–Trinajstić information content (AvgIpc) is 2.02. The molecule has 0 aliphatic carbocycles. The number of phosphoric ester groups is 2. The summed E-state index contributed by atoms with van der Waals surface area (Å²) in [5, 5.41) is 0. The molecule has 0 bridgehead atoms. The Labute approximate surface area is 119 Å². The van der Waals surface area contributed by atoms with Crippen LogP contribution in [0.15, 0.2) is 0 Å². The van der Waals surface area contributed by atoms with Gasteiger partial charge in [0.05, 0.1) is 19.8 Å². The minimum Gasteiger partial charge on any atom is -1.00 e. The quantitative estimate of drug-likeness (QED) is 0.472. The summed E-state index contributed by atoms with van der Waals surface area (Å²) in [5.74, 6) is 0. The van der Waals surface area contributed by atoms with E-state index in [-0.39, 0.29) is 50.8 Å². The molecule has 0 aliphatic rings. The molecule has 0 fully saturated rings. The van der Waals surface area contributed by atoms with Crippen molar-refractivity contribution in [1.29, 1.82) is 0 Å². The monoisotopic (exact) mass is 286 g/mol. The van der Waals surface area contributed by atoms with Gasteiger partial charge in [-0.1, -0.05) is 0 Å². The van der Waals surface area contributed by atoms with Crippen molar-refractivity contribution in [3.8, 4) is 0 Å². The van der Waals surface area contributed by atoms with E-state index in [2.05, 4.69) is 17.9 Å². The van der Waals surface area contributed by atoms with Gasteiger partial charge in [-0.3, -0.25) is 13.6 Å². The van der Waals surface area contributed by atoms with Gasteiger partial charge in [-0.2, -0.15) is 4.31 Å². The number of phosphoric acid groups is 2. The Hall–Kier alpha value is 1.26. The van der Waals surface area contributed by atoms with Crippen LogP contribution in [0.25, 0.3) is 0 Å². The molecule has 0 spiro atoms. The van der Waals surface area contributed by atoms with E-state index in [1.807, 2.05) is 0 Å². The summed E-state index contributed by atoms with van der Waals surface area (Å²) >= 11 is 0. The molecule has 0 aliphatic heterocycles. The van der Waals surface area contributed by atoms with Crippen molar-refractivity contribution in [3.63, 3.8) is 0 Å². The first-order valence-corrected chi connectivity index (χ1v) is 7.42. The average molecular weight is 286 g/mol. The molecule has 0 aromatic heterocycles. The molecule has 0 aromatic carbocycles. The van der Waals surface area contributed by atoms with Crippen LogP contribution in [0.1, 0.15) is 22.2 Å². The molecule has 0 aromatic rings. The van der Waals surface area contributed by atoms with Crippen molar-refractivity contribution in [2.24, 2.45) is 0 Å². The molecule has 7 nitrogen and oxygen atoms in total. The van der Waals surface area contributed by atoms with Crippen LogP contribution in [0.3, 0.4) is 0 Å². The third-order valence-electron chi connectivity index (χ3n) is 1.07. The molecule has 1 unspecified atom stereocenters. The molecule has 0 saturated carbocycles. The van der Waals surface area contributed by atoms with Gasteiger partial charge in [-0.15, -0.1) is 0 Å². The molecule has 1 N–H and O–H groups in total. The minimum absolute atomic E-state index is 0. The Morgan fingerprint density at radius 3 is 1.69 bits per heavy atom. The van der Waals surface area contributed by atoms with Crippen LogP contribution in [-0.2, 0) is 27.0 Å². The van der Waals surface area contributed by atoms with Crippen molar-refractivity contribution in [1.82, 2.24) is 0 Å². The fourth-order valence-corrected chi connectivity index (χ4v) is 3.32. The molecule has 0 amide bonds. The van der Waals surface area contributed by atoms with Gasteiger partial charge in [0.25, 0.3) is 0 Å². The van der Waals surface area contributed by atoms with Crippen LogP contribution in [-0.4, -0.2) is 24.7 Å². The SMILES string of the molecule is CCOP(=O)(O)OP(=O)(OCC)OCC.[H-].[Na+]. The van der Waals surface area contributed by atoms with Crippen LogP contribution >= 0.6 is 15.6 Å². The van der Waals surface area contributed by atoms with Crippen molar-refractivity contribution >= 4 is 15.6 Å². The van der Waals surface area contributed by atoms with E-state index >= 15 is 0 Å². The second-order valence-corrected chi connectivity index (χ2v) is 5.51. The first-order chi connectivity index (χ1) is 6.89. The van der Waals surface area contributed by atoms with Gasteiger partial charge in [-0.05, 0) is 20.8 Å². The Bertz CT molecular complexity index is 267. The minimum atomic E-state index is -4.39. The van der Waals surface area contributed by atoms with Crippen LogP contribution < -0.4 is 29.6 Å². The summed E-state index contributed by atoms with van der Waals surface area (Å²) in [7, 11) is -8.40. The summed E-state index contributed by atoms with van der Waals surface area (Å²) in [6, 6.07) is 0. The van der Waals surface area contributed by atoms with Gasteiger partial charge in [0, 0.05) is 0 Å². The fourth-order valence-electron chi connectivity index (χ4n) is 0.714. The molecule has 0 saturated heterocycles. The number of rotatable bonds is 8. The second kappa shape index (κ2) is 9.22. The fraction of sp³-hybridized carbons (Fsp3) is 1.00. The first kappa shape index (κ1) is 19.6. The maximum Gasteiger partial charge on any atom is 1.00 e. The predicted molar refractivity (Wildman–Crippen MR) is 54.5 cm³/mol. The first-order valence-electron chi connectivity index (χ1n) is 4.47.